The molecule has 3 heteroatoms. The van der Waals surface area contributed by atoms with Crippen LogP contribution in [0.2, 0.25) is 0 Å². The summed E-state index contributed by atoms with van der Waals surface area (Å²) in [5, 5.41) is 0. The van der Waals surface area contributed by atoms with E-state index in [4.69, 9.17) is 10.5 Å². The molecule has 0 aliphatic heterocycles. The first-order valence-electron chi connectivity index (χ1n) is 6.29. The quantitative estimate of drug-likeness (QED) is 0.847. The molecule has 1 aliphatic rings. The molecule has 1 aromatic rings. The second-order valence-electron chi connectivity index (χ2n) is 5.16. The van der Waals surface area contributed by atoms with Gasteiger partial charge in [0.25, 0.3) is 0 Å². The Morgan fingerprint density at radius 1 is 1.32 bits per heavy atom. The standard InChI is InChI=1S/C16H19NO2/c1-11-4-6-12(7-5-11)15(18)13-8-9-16(2,19-3)10-14(13)17/h4-9H,10,17H2,1-3H3. The second-order valence-corrected chi connectivity index (χ2v) is 5.16. The maximum absolute atomic E-state index is 12.4. The van der Waals surface area contributed by atoms with Crippen LogP contribution in [0.25, 0.3) is 0 Å². The summed E-state index contributed by atoms with van der Waals surface area (Å²) >= 11 is 0. The van der Waals surface area contributed by atoms with Crippen molar-refractivity contribution in [1.29, 1.82) is 0 Å². The molecule has 1 aliphatic carbocycles. The van der Waals surface area contributed by atoms with Gasteiger partial charge in [-0.15, -0.1) is 0 Å². The number of ether oxygens (including phenoxy) is 1. The molecule has 100 valence electrons. The molecule has 1 unspecified atom stereocenters. The van der Waals surface area contributed by atoms with Gasteiger partial charge in [0.05, 0.1) is 5.60 Å². The van der Waals surface area contributed by atoms with Crippen LogP contribution in [-0.4, -0.2) is 18.5 Å². The zero-order valence-corrected chi connectivity index (χ0v) is 11.6. The Bertz CT molecular complexity index is 555. The molecule has 19 heavy (non-hydrogen) atoms. The molecule has 2 rings (SSSR count). The van der Waals surface area contributed by atoms with Crippen LogP contribution in [-0.2, 0) is 4.74 Å². The van der Waals surface area contributed by atoms with E-state index >= 15 is 0 Å². The van der Waals surface area contributed by atoms with Crippen LogP contribution in [0, 0.1) is 6.92 Å². The largest absolute Gasteiger partial charge is 0.401 e. The predicted octanol–water partition coefficient (Wildman–Crippen LogP) is 2.76. The third kappa shape index (κ3) is 2.76. The third-order valence-corrected chi connectivity index (χ3v) is 3.51. The van der Waals surface area contributed by atoms with E-state index < -0.39 is 5.60 Å². The lowest BCUT2D eigenvalue weighted by atomic mass is 9.88. The summed E-state index contributed by atoms with van der Waals surface area (Å²) in [4.78, 5) is 12.4. The highest BCUT2D eigenvalue weighted by atomic mass is 16.5. The van der Waals surface area contributed by atoms with Crippen LogP contribution in [0.3, 0.4) is 0 Å². The predicted molar refractivity (Wildman–Crippen MR) is 75.9 cm³/mol. The molecule has 0 heterocycles. The first-order valence-corrected chi connectivity index (χ1v) is 6.29. The molecular weight excluding hydrogens is 238 g/mol. The molecule has 0 radical (unpaired) electrons. The Balaban J connectivity index is 2.28. The normalized spacial score (nSPS) is 22.7. The number of allylic oxidation sites excluding steroid dienone is 2. The van der Waals surface area contributed by atoms with Crippen LogP contribution >= 0.6 is 0 Å². The average molecular weight is 257 g/mol. The molecule has 0 amide bonds. The van der Waals surface area contributed by atoms with Crippen LogP contribution in [0.4, 0.5) is 0 Å². The first-order chi connectivity index (χ1) is 8.95. The van der Waals surface area contributed by atoms with Gasteiger partial charge in [-0.1, -0.05) is 42.0 Å². The van der Waals surface area contributed by atoms with Crippen molar-refractivity contribution in [1.82, 2.24) is 0 Å². The third-order valence-electron chi connectivity index (χ3n) is 3.51. The number of rotatable bonds is 3. The smallest absolute Gasteiger partial charge is 0.194 e. The number of hydrogen-bond donors (Lipinski definition) is 1. The number of methoxy groups -OCH3 is 1. The monoisotopic (exact) mass is 257 g/mol. The molecule has 0 bridgehead atoms. The fourth-order valence-corrected chi connectivity index (χ4v) is 2.12. The molecule has 3 nitrogen and oxygen atoms in total. The van der Waals surface area contributed by atoms with Gasteiger partial charge in [0.15, 0.2) is 5.78 Å². The van der Waals surface area contributed by atoms with E-state index in [2.05, 4.69) is 0 Å². The van der Waals surface area contributed by atoms with Crippen molar-refractivity contribution in [2.45, 2.75) is 25.9 Å². The van der Waals surface area contributed by atoms with E-state index in [1.807, 2.05) is 44.2 Å². The van der Waals surface area contributed by atoms with E-state index in [0.717, 1.165) is 5.56 Å². The van der Waals surface area contributed by atoms with E-state index in [1.54, 1.807) is 13.2 Å². The Hall–Kier alpha value is -1.87. The summed E-state index contributed by atoms with van der Waals surface area (Å²) in [5.41, 5.74) is 8.55. The maximum atomic E-state index is 12.4. The highest BCUT2D eigenvalue weighted by molar-refractivity contribution is 6.11. The number of aryl methyl sites for hydroxylation is 1. The van der Waals surface area contributed by atoms with E-state index in [1.165, 1.54) is 0 Å². The summed E-state index contributed by atoms with van der Waals surface area (Å²) in [5.74, 6) is -0.0353. The first kappa shape index (κ1) is 13.6. The maximum Gasteiger partial charge on any atom is 0.194 e. The molecule has 0 aromatic heterocycles. The summed E-state index contributed by atoms with van der Waals surface area (Å²) in [6, 6.07) is 7.51. The van der Waals surface area contributed by atoms with Gasteiger partial charge in [-0.05, 0) is 13.8 Å². The highest BCUT2D eigenvalue weighted by Gasteiger charge is 2.28. The van der Waals surface area contributed by atoms with Crippen molar-refractivity contribution < 1.29 is 9.53 Å². The number of hydrogen-bond acceptors (Lipinski definition) is 3. The number of benzene rings is 1. The van der Waals surface area contributed by atoms with Crippen molar-refractivity contribution >= 4 is 5.78 Å². The van der Waals surface area contributed by atoms with Crippen LogP contribution in [0.15, 0.2) is 47.7 Å². The lowest BCUT2D eigenvalue weighted by Gasteiger charge is -2.28. The molecule has 1 atom stereocenters. The van der Waals surface area contributed by atoms with Gasteiger partial charge in [0.1, 0.15) is 0 Å². The minimum Gasteiger partial charge on any atom is -0.401 e. The van der Waals surface area contributed by atoms with Crippen LogP contribution in [0.1, 0.15) is 29.3 Å². The Morgan fingerprint density at radius 2 is 1.95 bits per heavy atom. The summed E-state index contributed by atoms with van der Waals surface area (Å²) in [6.45, 7) is 3.94. The van der Waals surface area contributed by atoms with E-state index in [9.17, 15) is 4.79 Å². The lowest BCUT2D eigenvalue weighted by Crippen LogP contribution is -2.31. The summed E-state index contributed by atoms with van der Waals surface area (Å²) < 4.78 is 5.39. The van der Waals surface area contributed by atoms with Crippen molar-refractivity contribution in [2.24, 2.45) is 5.73 Å². The van der Waals surface area contributed by atoms with Crippen LogP contribution in [0.5, 0.6) is 0 Å². The Labute approximate surface area is 113 Å². The second kappa shape index (κ2) is 5.02. The summed E-state index contributed by atoms with van der Waals surface area (Å²) in [7, 11) is 1.64. The molecule has 0 spiro atoms. The van der Waals surface area contributed by atoms with Gasteiger partial charge >= 0.3 is 0 Å². The van der Waals surface area contributed by atoms with Crippen molar-refractivity contribution in [3.8, 4) is 0 Å². The molecule has 2 N–H and O–H groups in total. The molecule has 0 saturated carbocycles. The Morgan fingerprint density at radius 3 is 2.47 bits per heavy atom. The highest BCUT2D eigenvalue weighted by Crippen LogP contribution is 2.28. The van der Waals surface area contributed by atoms with Gasteiger partial charge in [0, 0.05) is 30.4 Å². The summed E-state index contributed by atoms with van der Waals surface area (Å²) in [6.07, 6.45) is 4.20. The number of carbonyl (C=O) groups is 1. The van der Waals surface area contributed by atoms with Gasteiger partial charge in [-0.3, -0.25) is 4.79 Å². The zero-order valence-electron chi connectivity index (χ0n) is 11.6. The van der Waals surface area contributed by atoms with Crippen molar-refractivity contribution in [2.75, 3.05) is 7.11 Å². The fourth-order valence-electron chi connectivity index (χ4n) is 2.12. The van der Waals surface area contributed by atoms with Crippen molar-refractivity contribution in [3.63, 3.8) is 0 Å². The average Bonchev–Trinajstić information content (AvgIpc) is 2.39. The number of ketones is 1. The van der Waals surface area contributed by atoms with Crippen molar-refractivity contribution in [3.05, 3.63) is 58.8 Å². The lowest BCUT2D eigenvalue weighted by molar-refractivity contribution is 0.0473. The van der Waals surface area contributed by atoms with Gasteiger partial charge in [-0.2, -0.15) is 0 Å². The van der Waals surface area contributed by atoms with Crippen LogP contribution < -0.4 is 5.73 Å². The zero-order chi connectivity index (χ0) is 14.0. The minimum absolute atomic E-state index is 0.0353. The molecule has 0 fully saturated rings. The molecule has 0 saturated heterocycles. The van der Waals surface area contributed by atoms with E-state index in [-0.39, 0.29) is 5.78 Å². The number of carbonyl (C=O) groups excluding carboxylic acids is 1. The van der Waals surface area contributed by atoms with E-state index in [0.29, 0.717) is 23.3 Å². The Kier molecular flexibility index (Phi) is 3.58. The van der Waals surface area contributed by atoms with Gasteiger partial charge in [-0.25, -0.2) is 0 Å². The molecule has 1 aromatic carbocycles. The SMILES string of the molecule is COC1(C)C=CC(C(=O)c2ccc(C)cc2)=C(N)C1. The fraction of sp³-hybridized carbons (Fsp3) is 0.312. The number of nitrogens with two attached hydrogens (primary N) is 1. The van der Waals surface area contributed by atoms with Gasteiger partial charge < -0.3 is 10.5 Å². The minimum atomic E-state index is -0.416. The molecular formula is C16H19NO2. The topological polar surface area (TPSA) is 52.3 Å². The number of Topliss-reactive ketones (excluding diaryl/α,β-unsaturated/α-hetero) is 1. The van der Waals surface area contributed by atoms with Gasteiger partial charge in [0.2, 0.25) is 0 Å².